The molecule has 0 bridgehead atoms. The first-order valence-electron chi connectivity index (χ1n) is 10.9. The third kappa shape index (κ3) is 5.14. The zero-order valence-electron chi connectivity index (χ0n) is 18.0. The van der Waals surface area contributed by atoms with Gasteiger partial charge in [-0.05, 0) is 42.7 Å². The Balaban J connectivity index is 1.46. The number of benzene rings is 1. The van der Waals surface area contributed by atoms with Gasteiger partial charge in [-0.1, -0.05) is 25.0 Å². The molecule has 1 amide bonds. The predicted molar refractivity (Wildman–Crippen MR) is 120 cm³/mol. The number of pyridine rings is 1. The summed E-state index contributed by atoms with van der Waals surface area (Å²) in [5.41, 5.74) is 2.01. The van der Waals surface area contributed by atoms with Crippen molar-refractivity contribution < 1.29 is 14.3 Å². The number of hydrogen-bond donors (Lipinski definition) is 2. The van der Waals surface area contributed by atoms with Crippen molar-refractivity contribution in [2.75, 3.05) is 7.11 Å². The highest BCUT2D eigenvalue weighted by molar-refractivity contribution is 6.02. The zero-order chi connectivity index (χ0) is 22.5. The predicted octanol–water partition coefficient (Wildman–Crippen LogP) is 3.81. The summed E-state index contributed by atoms with van der Waals surface area (Å²) in [5, 5.41) is 13.2. The van der Waals surface area contributed by atoms with Crippen molar-refractivity contribution in [2.24, 2.45) is 11.8 Å². The second kappa shape index (κ2) is 9.65. The molecule has 0 saturated heterocycles. The number of aromatic amines is 1. The fraction of sp³-hybridized carbons (Fsp3) is 0.360. The number of fused-ring (bicyclic) bond motifs is 1. The van der Waals surface area contributed by atoms with E-state index in [-0.39, 0.29) is 18.1 Å². The van der Waals surface area contributed by atoms with E-state index in [1.54, 1.807) is 25.4 Å². The maximum Gasteiger partial charge on any atom is 0.224 e. The number of H-pyrrole nitrogens is 1. The van der Waals surface area contributed by atoms with Gasteiger partial charge in [0.15, 0.2) is 5.78 Å². The van der Waals surface area contributed by atoms with Gasteiger partial charge in [0, 0.05) is 41.6 Å². The van der Waals surface area contributed by atoms with Crippen LogP contribution in [0.2, 0.25) is 0 Å². The van der Waals surface area contributed by atoms with Gasteiger partial charge in [0.1, 0.15) is 11.8 Å². The van der Waals surface area contributed by atoms with E-state index in [1.165, 1.54) is 0 Å². The van der Waals surface area contributed by atoms with E-state index in [4.69, 9.17) is 4.74 Å². The van der Waals surface area contributed by atoms with Gasteiger partial charge < -0.3 is 15.0 Å². The maximum atomic E-state index is 13.0. The standard InChI is InChI=1S/C25H26N4O3/c1-32-24-7-4-6-21-20(24)14-22(29-21)23(30)12-17(11-16-8-9-16)25(31)28-19(15-26)13-18-5-2-3-10-27-18/h2-7,10,14,16-17,19,29H,8-9,11-13H2,1H3,(H,28,31). The minimum atomic E-state index is -0.688. The fourth-order valence-corrected chi connectivity index (χ4v) is 3.97. The molecule has 1 aliphatic carbocycles. The Hall–Kier alpha value is -3.66. The van der Waals surface area contributed by atoms with Crippen molar-refractivity contribution in [3.63, 3.8) is 0 Å². The lowest BCUT2D eigenvalue weighted by Gasteiger charge is -2.18. The number of nitriles is 1. The molecule has 0 radical (unpaired) electrons. The summed E-state index contributed by atoms with van der Waals surface area (Å²) in [4.78, 5) is 33.5. The van der Waals surface area contributed by atoms with E-state index < -0.39 is 12.0 Å². The molecule has 2 N–H and O–H groups in total. The van der Waals surface area contributed by atoms with E-state index in [2.05, 4.69) is 21.4 Å². The molecule has 7 heteroatoms. The van der Waals surface area contributed by atoms with Crippen molar-refractivity contribution in [3.8, 4) is 11.8 Å². The molecule has 3 aromatic rings. The number of ether oxygens (including phenoxy) is 1. The van der Waals surface area contributed by atoms with Gasteiger partial charge in [0.25, 0.3) is 0 Å². The topological polar surface area (TPSA) is 108 Å². The van der Waals surface area contributed by atoms with Crippen LogP contribution in [0.1, 0.15) is 41.9 Å². The first kappa shape index (κ1) is 21.6. The Bertz CT molecular complexity index is 1140. The third-order valence-electron chi connectivity index (χ3n) is 5.87. The van der Waals surface area contributed by atoms with Crippen LogP contribution in [0.15, 0.2) is 48.7 Å². The molecule has 7 nitrogen and oxygen atoms in total. The van der Waals surface area contributed by atoms with Crippen molar-refractivity contribution in [2.45, 2.75) is 38.1 Å². The van der Waals surface area contributed by atoms with Crippen LogP contribution < -0.4 is 10.1 Å². The number of Topliss-reactive ketones (excluding diaryl/α,β-unsaturated/α-hetero) is 1. The molecule has 2 aromatic heterocycles. The molecular weight excluding hydrogens is 404 g/mol. The minimum absolute atomic E-state index is 0.0964. The number of aromatic nitrogens is 2. The molecule has 0 aliphatic heterocycles. The van der Waals surface area contributed by atoms with E-state index >= 15 is 0 Å². The zero-order valence-corrected chi connectivity index (χ0v) is 18.0. The Labute approximate surface area is 186 Å². The highest BCUT2D eigenvalue weighted by Gasteiger charge is 2.32. The van der Waals surface area contributed by atoms with Gasteiger partial charge in [0.05, 0.1) is 18.9 Å². The Morgan fingerprint density at radius 2 is 2.12 bits per heavy atom. The van der Waals surface area contributed by atoms with Gasteiger partial charge in [-0.15, -0.1) is 0 Å². The highest BCUT2D eigenvalue weighted by atomic mass is 16.5. The quantitative estimate of drug-likeness (QED) is 0.476. The monoisotopic (exact) mass is 430 g/mol. The molecule has 4 rings (SSSR count). The Morgan fingerprint density at radius 1 is 1.28 bits per heavy atom. The van der Waals surface area contributed by atoms with Crippen LogP contribution in [-0.2, 0) is 11.2 Å². The minimum Gasteiger partial charge on any atom is -0.496 e. The lowest BCUT2D eigenvalue weighted by molar-refractivity contribution is -0.125. The van der Waals surface area contributed by atoms with Gasteiger partial charge in [-0.2, -0.15) is 5.26 Å². The number of rotatable bonds is 10. The number of nitrogens with zero attached hydrogens (tertiary/aromatic N) is 2. The van der Waals surface area contributed by atoms with Crippen molar-refractivity contribution in [3.05, 3.63) is 60.0 Å². The molecule has 1 aromatic carbocycles. The first-order chi connectivity index (χ1) is 15.6. The molecule has 32 heavy (non-hydrogen) atoms. The summed E-state index contributed by atoms with van der Waals surface area (Å²) < 4.78 is 5.37. The molecule has 164 valence electrons. The van der Waals surface area contributed by atoms with Crippen LogP contribution in [0, 0.1) is 23.2 Å². The average Bonchev–Trinajstić information content (AvgIpc) is 3.52. The van der Waals surface area contributed by atoms with Crippen LogP contribution in [0.5, 0.6) is 5.75 Å². The lowest BCUT2D eigenvalue weighted by atomic mass is 9.93. The van der Waals surface area contributed by atoms with Crippen LogP contribution in [0.3, 0.4) is 0 Å². The number of carbonyl (C=O) groups is 2. The van der Waals surface area contributed by atoms with Crippen molar-refractivity contribution in [1.29, 1.82) is 5.26 Å². The molecule has 1 aliphatic rings. The smallest absolute Gasteiger partial charge is 0.224 e. The number of hydrogen-bond acceptors (Lipinski definition) is 5. The summed E-state index contributed by atoms with van der Waals surface area (Å²) in [6.45, 7) is 0. The van der Waals surface area contributed by atoms with E-state index in [0.717, 1.165) is 29.4 Å². The number of nitrogens with one attached hydrogen (secondary N) is 2. The Kier molecular flexibility index (Phi) is 6.50. The second-order valence-corrected chi connectivity index (χ2v) is 8.32. The second-order valence-electron chi connectivity index (χ2n) is 8.32. The third-order valence-corrected chi connectivity index (χ3v) is 5.87. The molecule has 0 spiro atoms. The first-order valence-corrected chi connectivity index (χ1v) is 10.9. The Morgan fingerprint density at radius 3 is 2.81 bits per heavy atom. The van der Waals surface area contributed by atoms with Gasteiger partial charge in [-0.3, -0.25) is 14.6 Å². The molecule has 1 saturated carbocycles. The molecule has 2 unspecified atom stereocenters. The van der Waals surface area contributed by atoms with Gasteiger partial charge >= 0.3 is 0 Å². The molecule has 1 fully saturated rings. The van der Waals surface area contributed by atoms with Crippen LogP contribution in [-0.4, -0.2) is 34.8 Å². The van der Waals surface area contributed by atoms with Crippen LogP contribution in [0.25, 0.3) is 10.9 Å². The SMILES string of the molecule is COc1cccc2[nH]c(C(=O)CC(CC3CC3)C(=O)NC(C#N)Cc3ccccn3)cc12. The van der Waals surface area contributed by atoms with Crippen molar-refractivity contribution in [1.82, 2.24) is 15.3 Å². The van der Waals surface area contributed by atoms with Crippen LogP contribution in [0.4, 0.5) is 0 Å². The summed E-state index contributed by atoms with van der Waals surface area (Å²) in [5.74, 6) is 0.320. The normalized spacial score (nSPS) is 15.0. The van der Waals surface area contributed by atoms with Gasteiger partial charge in [0.2, 0.25) is 5.91 Å². The van der Waals surface area contributed by atoms with Crippen molar-refractivity contribution >= 4 is 22.6 Å². The summed E-state index contributed by atoms with van der Waals surface area (Å²) in [7, 11) is 1.59. The van der Waals surface area contributed by atoms with Crippen LogP contribution >= 0.6 is 0 Å². The summed E-state index contributed by atoms with van der Waals surface area (Å²) >= 11 is 0. The van der Waals surface area contributed by atoms with E-state index in [1.807, 2.05) is 30.3 Å². The molecule has 2 heterocycles. The summed E-state index contributed by atoms with van der Waals surface area (Å²) in [6.07, 6.45) is 4.90. The van der Waals surface area contributed by atoms with E-state index in [0.29, 0.717) is 30.2 Å². The number of carbonyl (C=O) groups excluding carboxylic acids is 2. The largest absolute Gasteiger partial charge is 0.496 e. The maximum absolute atomic E-state index is 13.0. The number of methoxy groups -OCH3 is 1. The number of ketones is 1. The molecular formula is C25H26N4O3. The molecule has 2 atom stereocenters. The average molecular weight is 431 g/mol. The lowest BCUT2D eigenvalue weighted by Crippen LogP contribution is -2.40. The van der Waals surface area contributed by atoms with E-state index in [9.17, 15) is 14.9 Å². The van der Waals surface area contributed by atoms with Gasteiger partial charge in [-0.25, -0.2) is 0 Å². The number of amides is 1. The highest BCUT2D eigenvalue weighted by Crippen LogP contribution is 2.37. The summed E-state index contributed by atoms with van der Waals surface area (Å²) in [6, 6.07) is 14.3. The fourth-order valence-electron chi connectivity index (χ4n) is 3.97.